The van der Waals surface area contributed by atoms with Gasteiger partial charge in [0.2, 0.25) is 0 Å². The molecular formula is C16H24N2OS2. The van der Waals surface area contributed by atoms with E-state index < -0.39 is 0 Å². The van der Waals surface area contributed by atoms with Crippen LogP contribution in [0.1, 0.15) is 40.8 Å². The van der Waals surface area contributed by atoms with Crippen LogP contribution < -0.4 is 11.1 Å². The third-order valence-electron chi connectivity index (χ3n) is 3.44. The van der Waals surface area contributed by atoms with E-state index in [1.165, 1.54) is 17.1 Å². The van der Waals surface area contributed by atoms with Crippen molar-refractivity contribution in [3.8, 4) is 0 Å². The number of amides is 1. The molecule has 2 rings (SSSR count). The standard InChI is InChI=1S/C16H24N2OS2/c1-11(2)9-14(10-17)18-15(19)12-3-5-13(6-4-12)16-20-7-8-21-16/h3-6,11,14,16H,7-10,17H2,1-2H3,(H,18,19). The maximum Gasteiger partial charge on any atom is 0.251 e. The molecule has 3 nitrogen and oxygen atoms in total. The highest BCUT2D eigenvalue weighted by Gasteiger charge is 2.19. The summed E-state index contributed by atoms with van der Waals surface area (Å²) >= 11 is 3.95. The smallest absolute Gasteiger partial charge is 0.251 e. The number of hydrogen-bond acceptors (Lipinski definition) is 4. The van der Waals surface area contributed by atoms with E-state index >= 15 is 0 Å². The normalized spacial score (nSPS) is 17.1. The van der Waals surface area contributed by atoms with Crippen LogP contribution in [0.5, 0.6) is 0 Å². The number of nitrogens with one attached hydrogen (secondary N) is 1. The zero-order chi connectivity index (χ0) is 15.2. The van der Waals surface area contributed by atoms with Crippen molar-refractivity contribution in [1.82, 2.24) is 5.32 Å². The summed E-state index contributed by atoms with van der Waals surface area (Å²) in [5.41, 5.74) is 7.75. The molecule has 1 amide bonds. The van der Waals surface area contributed by atoms with E-state index in [4.69, 9.17) is 5.73 Å². The molecule has 0 bridgehead atoms. The zero-order valence-electron chi connectivity index (χ0n) is 12.7. The van der Waals surface area contributed by atoms with Crippen LogP contribution in [0.2, 0.25) is 0 Å². The van der Waals surface area contributed by atoms with Gasteiger partial charge in [-0.25, -0.2) is 0 Å². The van der Waals surface area contributed by atoms with Gasteiger partial charge in [-0.15, -0.1) is 23.5 Å². The first kappa shape index (κ1) is 16.7. The molecule has 1 heterocycles. The predicted molar refractivity (Wildman–Crippen MR) is 93.9 cm³/mol. The van der Waals surface area contributed by atoms with E-state index in [9.17, 15) is 4.79 Å². The zero-order valence-corrected chi connectivity index (χ0v) is 14.3. The highest BCUT2D eigenvalue weighted by atomic mass is 32.2. The van der Waals surface area contributed by atoms with Gasteiger partial charge < -0.3 is 11.1 Å². The van der Waals surface area contributed by atoms with E-state index in [1.807, 2.05) is 35.7 Å². The van der Waals surface area contributed by atoms with Crippen molar-refractivity contribution in [3.63, 3.8) is 0 Å². The number of benzene rings is 1. The fourth-order valence-corrected chi connectivity index (χ4v) is 5.25. The number of rotatable bonds is 6. The van der Waals surface area contributed by atoms with E-state index in [2.05, 4.69) is 31.3 Å². The highest BCUT2D eigenvalue weighted by Crippen LogP contribution is 2.45. The second-order valence-corrected chi connectivity index (χ2v) is 8.46. The molecule has 116 valence electrons. The molecule has 1 unspecified atom stereocenters. The van der Waals surface area contributed by atoms with Crippen molar-refractivity contribution in [2.24, 2.45) is 11.7 Å². The van der Waals surface area contributed by atoms with Crippen LogP contribution >= 0.6 is 23.5 Å². The minimum Gasteiger partial charge on any atom is -0.348 e. The number of hydrogen-bond donors (Lipinski definition) is 2. The molecule has 1 aromatic rings. The monoisotopic (exact) mass is 324 g/mol. The Bertz CT molecular complexity index is 456. The van der Waals surface area contributed by atoms with Gasteiger partial charge in [-0.05, 0) is 30.0 Å². The summed E-state index contributed by atoms with van der Waals surface area (Å²) in [7, 11) is 0. The highest BCUT2D eigenvalue weighted by molar-refractivity contribution is 8.19. The lowest BCUT2D eigenvalue weighted by atomic mass is 10.0. The Kier molecular flexibility index (Phi) is 6.45. The molecule has 1 atom stereocenters. The fourth-order valence-electron chi connectivity index (χ4n) is 2.39. The minimum absolute atomic E-state index is 0.0237. The van der Waals surface area contributed by atoms with Gasteiger partial charge in [0, 0.05) is 29.7 Å². The number of carbonyl (C=O) groups excluding carboxylic acids is 1. The van der Waals surface area contributed by atoms with Gasteiger partial charge >= 0.3 is 0 Å². The quantitative estimate of drug-likeness (QED) is 0.843. The van der Waals surface area contributed by atoms with Gasteiger partial charge in [-0.1, -0.05) is 26.0 Å². The van der Waals surface area contributed by atoms with Crippen LogP contribution in [0, 0.1) is 5.92 Å². The van der Waals surface area contributed by atoms with Gasteiger partial charge in [-0.2, -0.15) is 0 Å². The van der Waals surface area contributed by atoms with Crippen molar-refractivity contribution >= 4 is 29.4 Å². The maximum absolute atomic E-state index is 12.3. The lowest BCUT2D eigenvalue weighted by Crippen LogP contribution is -2.41. The molecule has 1 aliphatic heterocycles. The predicted octanol–water partition coefficient (Wildman–Crippen LogP) is 3.27. The second kappa shape index (κ2) is 8.11. The van der Waals surface area contributed by atoms with Crippen LogP contribution in [-0.4, -0.2) is 30.0 Å². The summed E-state index contributed by atoms with van der Waals surface area (Å²) in [5.74, 6) is 2.93. The number of thioether (sulfide) groups is 2. The van der Waals surface area contributed by atoms with Crippen molar-refractivity contribution < 1.29 is 4.79 Å². The number of nitrogens with two attached hydrogens (primary N) is 1. The molecule has 5 heteroatoms. The molecule has 1 aliphatic rings. The summed E-state index contributed by atoms with van der Waals surface area (Å²) in [6.07, 6.45) is 0.912. The first-order valence-corrected chi connectivity index (χ1v) is 9.54. The summed E-state index contributed by atoms with van der Waals surface area (Å²) in [5, 5.41) is 3.03. The van der Waals surface area contributed by atoms with Crippen molar-refractivity contribution in [2.75, 3.05) is 18.1 Å². The molecule has 1 aromatic carbocycles. The topological polar surface area (TPSA) is 55.1 Å². The first-order chi connectivity index (χ1) is 10.1. The summed E-state index contributed by atoms with van der Waals surface area (Å²) < 4.78 is 0.528. The van der Waals surface area contributed by atoms with Crippen molar-refractivity contribution in [2.45, 2.75) is 30.9 Å². The average Bonchev–Trinajstić information content (AvgIpc) is 3.00. The van der Waals surface area contributed by atoms with E-state index in [0.29, 0.717) is 22.6 Å². The third-order valence-corrected chi connectivity index (χ3v) is 6.55. The summed E-state index contributed by atoms with van der Waals surface area (Å²) in [4.78, 5) is 12.3. The van der Waals surface area contributed by atoms with Crippen LogP contribution in [0.4, 0.5) is 0 Å². The Labute approximate surface area is 135 Å². The fraction of sp³-hybridized carbons (Fsp3) is 0.562. The van der Waals surface area contributed by atoms with Gasteiger partial charge in [-0.3, -0.25) is 4.79 Å². The Morgan fingerprint density at radius 3 is 2.43 bits per heavy atom. The Hall–Kier alpha value is -0.650. The molecule has 0 aliphatic carbocycles. The van der Waals surface area contributed by atoms with Gasteiger partial charge in [0.1, 0.15) is 0 Å². The van der Waals surface area contributed by atoms with E-state index in [-0.39, 0.29) is 11.9 Å². The lowest BCUT2D eigenvalue weighted by molar-refractivity contribution is 0.0934. The molecule has 0 aromatic heterocycles. The summed E-state index contributed by atoms with van der Waals surface area (Å²) in [6.45, 7) is 4.76. The minimum atomic E-state index is -0.0237. The first-order valence-electron chi connectivity index (χ1n) is 7.44. The summed E-state index contributed by atoms with van der Waals surface area (Å²) in [6, 6.07) is 8.05. The van der Waals surface area contributed by atoms with Crippen LogP contribution in [0.25, 0.3) is 0 Å². The Morgan fingerprint density at radius 1 is 1.29 bits per heavy atom. The van der Waals surface area contributed by atoms with Gasteiger partial charge in [0.15, 0.2) is 0 Å². The molecule has 1 fully saturated rings. The average molecular weight is 325 g/mol. The SMILES string of the molecule is CC(C)CC(CN)NC(=O)c1ccc(C2SCCS2)cc1. The van der Waals surface area contributed by atoms with Crippen molar-refractivity contribution in [3.05, 3.63) is 35.4 Å². The van der Waals surface area contributed by atoms with Crippen LogP contribution in [-0.2, 0) is 0 Å². The molecule has 1 saturated heterocycles. The molecule has 21 heavy (non-hydrogen) atoms. The molecule has 0 spiro atoms. The van der Waals surface area contributed by atoms with Gasteiger partial charge in [0.05, 0.1) is 4.58 Å². The molecule has 0 saturated carbocycles. The van der Waals surface area contributed by atoms with E-state index in [0.717, 1.165) is 6.42 Å². The molecular weight excluding hydrogens is 300 g/mol. The van der Waals surface area contributed by atoms with Gasteiger partial charge in [0.25, 0.3) is 5.91 Å². The Morgan fingerprint density at radius 2 is 1.90 bits per heavy atom. The van der Waals surface area contributed by atoms with Crippen molar-refractivity contribution in [1.29, 1.82) is 0 Å². The largest absolute Gasteiger partial charge is 0.348 e. The Balaban J connectivity index is 1.95. The van der Waals surface area contributed by atoms with Crippen LogP contribution in [0.15, 0.2) is 24.3 Å². The number of carbonyl (C=O) groups is 1. The maximum atomic E-state index is 12.3. The van der Waals surface area contributed by atoms with Crippen LogP contribution in [0.3, 0.4) is 0 Å². The molecule has 0 radical (unpaired) electrons. The lowest BCUT2D eigenvalue weighted by Gasteiger charge is -2.19. The second-order valence-electron chi connectivity index (χ2n) is 5.73. The van der Waals surface area contributed by atoms with E-state index in [1.54, 1.807) is 0 Å². The molecule has 3 N–H and O–H groups in total. The third kappa shape index (κ3) is 4.94.